The highest BCUT2D eigenvalue weighted by Crippen LogP contribution is 2.23. The van der Waals surface area contributed by atoms with Crippen LogP contribution in [0.4, 0.5) is 0 Å². The molecule has 1 aromatic carbocycles. The number of hydrogen-bond acceptors (Lipinski definition) is 1. The molecule has 0 saturated carbocycles. The zero-order valence-corrected chi connectivity index (χ0v) is 11.7. The number of rotatable bonds is 2. The maximum absolute atomic E-state index is 7.77. The van der Waals surface area contributed by atoms with E-state index in [2.05, 4.69) is 5.32 Å². The van der Waals surface area contributed by atoms with Crippen LogP contribution >= 0.6 is 23.2 Å². The summed E-state index contributed by atoms with van der Waals surface area (Å²) in [5, 5.41) is 11.8. The lowest BCUT2D eigenvalue weighted by Gasteiger charge is -2.19. The maximum atomic E-state index is 7.77. The van der Waals surface area contributed by atoms with Gasteiger partial charge in [0, 0.05) is 11.6 Å². The largest absolute Gasteiger partial charge is 0.350 e. The summed E-state index contributed by atoms with van der Waals surface area (Å²) < 4.78 is 0. The molecule has 0 aliphatic heterocycles. The van der Waals surface area contributed by atoms with Crippen molar-refractivity contribution in [2.75, 3.05) is 0 Å². The van der Waals surface area contributed by atoms with E-state index in [-0.39, 0.29) is 5.41 Å². The van der Waals surface area contributed by atoms with E-state index in [1.807, 2.05) is 32.9 Å². The predicted molar refractivity (Wildman–Crippen MR) is 75.8 cm³/mol. The summed E-state index contributed by atoms with van der Waals surface area (Å²) in [4.78, 5) is 0. The third-order valence-corrected chi connectivity index (χ3v) is 2.94. The van der Waals surface area contributed by atoms with Crippen LogP contribution in [0.3, 0.4) is 0 Å². The van der Waals surface area contributed by atoms with Gasteiger partial charge in [-0.3, -0.25) is 5.41 Å². The van der Waals surface area contributed by atoms with Crippen LogP contribution in [-0.2, 0) is 0 Å². The van der Waals surface area contributed by atoms with Gasteiger partial charge in [-0.2, -0.15) is 0 Å². The third kappa shape index (κ3) is 4.41. The fourth-order valence-electron chi connectivity index (χ4n) is 1.05. The van der Waals surface area contributed by atoms with Gasteiger partial charge in [-0.1, -0.05) is 50.0 Å². The van der Waals surface area contributed by atoms with Gasteiger partial charge >= 0.3 is 0 Å². The van der Waals surface area contributed by atoms with Crippen LogP contribution in [0.15, 0.2) is 24.4 Å². The van der Waals surface area contributed by atoms with Gasteiger partial charge in [0.05, 0.1) is 10.0 Å². The van der Waals surface area contributed by atoms with Crippen molar-refractivity contribution in [1.82, 2.24) is 5.32 Å². The van der Waals surface area contributed by atoms with E-state index in [9.17, 15) is 0 Å². The van der Waals surface area contributed by atoms with Crippen LogP contribution in [0.2, 0.25) is 10.0 Å². The Bertz CT molecular complexity index is 445. The molecule has 92 valence electrons. The average Bonchev–Trinajstić information content (AvgIpc) is 2.22. The van der Waals surface area contributed by atoms with Crippen molar-refractivity contribution in [2.45, 2.75) is 20.8 Å². The second-order valence-corrected chi connectivity index (χ2v) is 5.59. The van der Waals surface area contributed by atoms with Gasteiger partial charge in [-0.05, 0) is 23.8 Å². The molecule has 0 amide bonds. The van der Waals surface area contributed by atoms with Crippen LogP contribution in [0, 0.1) is 10.8 Å². The molecule has 17 heavy (non-hydrogen) atoms. The Morgan fingerprint density at radius 3 is 2.41 bits per heavy atom. The molecule has 0 aliphatic carbocycles. The standard InChI is InChI=1S/C13H16Cl2N2/c1-13(2,3)12(16)17-7-6-9-4-5-10(14)11(15)8-9/h4-8H,1-3H3,(H2,16,17). The van der Waals surface area contributed by atoms with E-state index in [0.717, 1.165) is 5.56 Å². The summed E-state index contributed by atoms with van der Waals surface area (Å²) in [5.74, 6) is 0.466. The van der Waals surface area contributed by atoms with E-state index in [1.54, 1.807) is 18.3 Å². The second kappa shape index (κ2) is 5.56. The summed E-state index contributed by atoms with van der Waals surface area (Å²) in [5.41, 5.74) is 0.760. The zero-order valence-electron chi connectivity index (χ0n) is 10.1. The smallest absolute Gasteiger partial charge is 0.103 e. The highest BCUT2D eigenvalue weighted by Gasteiger charge is 2.15. The summed E-state index contributed by atoms with van der Waals surface area (Å²) in [6.07, 6.45) is 3.58. The van der Waals surface area contributed by atoms with E-state index >= 15 is 0 Å². The Labute approximate surface area is 112 Å². The van der Waals surface area contributed by atoms with Crippen molar-refractivity contribution in [2.24, 2.45) is 5.41 Å². The Morgan fingerprint density at radius 2 is 1.88 bits per heavy atom. The van der Waals surface area contributed by atoms with Crippen molar-refractivity contribution >= 4 is 35.1 Å². The van der Waals surface area contributed by atoms with Crippen molar-refractivity contribution in [3.05, 3.63) is 40.0 Å². The SMILES string of the molecule is CC(C)(C)C(=N)NC=Cc1ccc(Cl)c(Cl)c1. The highest BCUT2D eigenvalue weighted by molar-refractivity contribution is 6.42. The van der Waals surface area contributed by atoms with Gasteiger partial charge in [0.25, 0.3) is 0 Å². The molecule has 4 heteroatoms. The summed E-state index contributed by atoms with van der Waals surface area (Å²) in [6, 6.07) is 5.40. The van der Waals surface area contributed by atoms with E-state index in [0.29, 0.717) is 15.9 Å². The van der Waals surface area contributed by atoms with Crippen molar-refractivity contribution in [1.29, 1.82) is 5.41 Å². The molecule has 0 radical (unpaired) electrons. The normalized spacial score (nSPS) is 11.8. The molecule has 0 aromatic heterocycles. The van der Waals surface area contributed by atoms with Crippen LogP contribution < -0.4 is 5.32 Å². The molecular formula is C13H16Cl2N2. The number of nitrogens with one attached hydrogen (secondary N) is 2. The topological polar surface area (TPSA) is 35.9 Å². The molecule has 1 aromatic rings. The molecule has 0 atom stereocenters. The van der Waals surface area contributed by atoms with E-state index < -0.39 is 0 Å². The molecule has 0 bridgehead atoms. The predicted octanol–water partition coefficient (Wildman–Crippen LogP) is 4.58. The van der Waals surface area contributed by atoms with Crippen LogP contribution in [0.1, 0.15) is 26.3 Å². The van der Waals surface area contributed by atoms with E-state index in [4.69, 9.17) is 28.6 Å². The minimum absolute atomic E-state index is 0.179. The fraction of sp³-hybridized carbons (Fsp3) is 0.308. The molecule has 0 saturated heterocycles. The van der Waals surface area contributed by atoms with Crippen LogP contribution in [-0.4, -0.2) is 5.84 Å². The highest BCUT2D eigenvalue weighted by atomic mass is 35.5. The molecule has 0 unspecified atom stereocenters. The molecular weight excluding hydrogens is 255 g/mol. The van der Waals surface area contributed by atoms with Gasteiger partial charge in [-0.25, -0.2) is 0 Å². The van der Waals surface area contributed by atoms with Gasteiger partial charge in [0.1, 0.15) is 5.84 Å². The molecule has 0 heterocycles. The molecule has 0 spiro atoms. The fourth-order valence-corrected chi connectivity index (χ4v) is 1.36. The third-order valence-electron chi connectivity index (χ3n) is 2.20. The molecule has 0 fully saturated rings. The summed E-state index contributed by atoms with van der Waals surface area (Å²) >= 11 is 11.7. The lowest BCUT2D eigenvalue weighted by Crippen LogP contribution is -2.30. The van der Waals surface area contributed by atoms with Gasteiger partial charge in [0.2, 0.25) is 0 Å². The molecule has 2 nitrogen and oxygen atoms in total. The number of halogens is 2. The summed E-state index contributed by atoms with van der Waals surface area (Å²) in [6.45, 7) is 5.94. The number of amidine groups is 1. The number of benzene rings is 1. The lowest BCUT2D eigenvalue weighted by atomic mass is 9.95. The second-order valence-electron chi connectivity index (χ2n) is 4.78. The van der Waals surface area contributed by atoms with Crippen molar-refractivity contribution < 1.29 is 0 Å². The Morgan fingerprint density at radius 1 is 1.24 bits per heavy atom. The lowest BCUT2D eigenvalue weighted by molar-refractivity contribution is 0.571. The first-order valence-corrected chi connectivity index (χ1v) is 6.03. The van der Waals surface area contributed by atoms with Crippen molar-refractivity contribution in [3.63, 3.8) is 0 Å². The number of hydrogen-bond donors (Lipinski definition) is 2. The molecule has 2 N–H and O–H groups in total. The van der Waals surface area contributed by atoms with Crippen molar-refractivity contribution in [3.8, 4) is 0 Å². The van der Waals surface area contributed by atoms with Gasteiger partial charge in [-0.15, -0.1) is 0 Å². The summed E-state index contributed by atoms with van der Waals surface area (Å²) in [7, 11) is 0. The monoisotopic (exact) mass is 270 g/mol. The van der Waals surface area contributed by atoms with Gasteiger partial charge in [0.15, 0.2) is 0 Å². The Kier molecular flexibility index (Phi) is 4.61. The quantitative estimate of drug-likeness (QED) is 0.599. The van der Waals surface area contributed by atoms with Crippen LogP contribution in [0.5, 0.6) is 0 Å². The first-order chi connectivity index (χ1) is 7.80. The Hall–Kier alpha value is -0.990. The van der Waals surface area contributed by atoms with Crippen LogP contribution in [0.25, 0.3) is 6.08 Å². The first-order valence-electron chi connectivity index (χ1n) is 5.28. The maximum Gasteiger partial charge on any atom is 0.103 e. The van der Waals surface area contributed by atoms with Gasteiger partial charge < -0.3 is 5.32 Å². The average molecular weight is 271 g/mol. The van der Waals surface area contributed by atoms with E-state index in [1.165, 1.54) is 0 Å². The minimum atomic E-state index is -0.179. The Balaban J connectivity index is 2.66. The molecule has 1 rings (SSSR count). The minimum Gasteiger partial charge on any atom is -0.350 e. The first kappa shape index (κ1) is 14.1. The zero-order chi connectivity index (χ0) is 13.1. The molecule has 0 aliphatic rings.